The van der Waals surface area contributed by atoms with Crippen LogP contribution in [0.4, 0.5) is 26.3 Å². The Morgan fingerprint density at radius 3 is 1.60 bits per heavy atom. The van der Waals surface area contributed by atoms with Crippen LogP contribution in [0, 0.1) is 5.92 Å². The molecule has 0 aliphatic rings. The number of carboxylic acids is 1. The maximum Gasteiger partial charge on any atom is 0.416 e. The zero-order valence-electron chi connectivity index (χ0n) is 25.1. The lowest BCUT2D eigenvalue weighted by atomic mass is 9.82. The van der Waals surface area contributed by atoms with Gasteiger partial charge in [0.1, 0.15) is 0 Å². The Kier molecular flexibility index (Phi) is 13.6. The highest BCUT2D eigenvalue weighted by molar-refractivity contribution is 5.95. The van der Waals surface area contributed by atoms with Crippen LogP contribution in [0.3, 0.4) is 0 Å². The summed E-state index contributed by atoms with van der Waals surface area (Å²) in [7, 11) is 1.25. The average molecular weight is 641 g/mol. The lowest BCUT2D eigenvalue weighted by Crippen LogP contribution is -2.42. The van der Waals surface area contributed by atoms with Gasteiger partial charge in [0.2, 0.25) is 0 Å². The van der Waals surface area contributed by atoms with Gasteiger partial charge in [-0.15, -0.1) is 0 Å². The average Bonchev–Trinajstić information content (AvgIpc) is 2.98. The van der Waals surface area contributed by atoms with E-state index in [1.807, 2.05) is 0 Å². The minimum absolute atomic E-state index is 0.0185. The summed E-state index contributed by atoms with van der Waals surface area (Å²) in [6.07, 6.45) is -9.80. The Balaban J connectivity index is 0.000000777. The lowest BCUT2D eigenvalue weighted by molar-refractivity contribution is -0.143. The van der Waals surface area contributed by atoms with Gasteiger partial charge in [0.25, 0.3) is 5.91 Å². The van der Waals surface area contributed by atoms with Gasteiger partial charge in [-0.25, -0.2) is 0 Å². The zero-order chi connectivity index (χ0) is 33.9. The second-order valence-corrected chi connectivity index (χ2v) is 11.1. The van der Waals surface area contributed by atoms with Crippen LogP contribution >= 0.6 is 0 Å². The normalized spacial score (nSPS) is 13.2. The third-order valence-corrected chi connectivity index (χ3v) is 7.02. The number of nitrogens with two attached hydrogens (primary N) is 1. The van der Waals surface area contributed by atoms with Crippen LogP contribution < -0.4 is 5.73 Å². The second kappa shape index (κ2) is 16.4. The van der Waals surface area contributed by atoms with Gasteiger partial charge in [-0.05, 0) is 48.1 Å². The number of likely N-dealkylation sites (N-methyl/N-ethyl adjacent to an activating group) is 1. The molecule has 0 saturated carbocycles. The van der Waals surface area contributed by atoms with Crippen LogP contribution in [0.5, 0.6) is 0 Å². The molecule has 246 valence electrons. The Hall–Kier alpha value is -3.90. The van der Waals surface area contributed by atoms with E-state index < -0.39 is 52.9 Å². The number of nitrogens with zero attached hydrogens (tertiary/aromatic N) is 1. The fourth-order valence-corrected chi connectivity index (χ4v) is 4.93. The van der Waals surface area contributed by atoms with E-state index in [9.17, 15) is 41.0 Å². The van der Waals surface area contributed by atoms with Crippen molar-refractivity contribution in [3.05, 3.63) is 107 Å². The van der Waals surface area contributed by atoms with Gasteiger partial charge in [-0.1, -0.05) is 74.5 Å². The third-order valence-electron chi connectivity index (χ3n) is 7.02. The molecular weight excluding hydrogens is 602 g/mol. The number of amides is 1. The van der Waals surface area contributed by atoms with Gasteiger partial charge in [0, 0.05) is 37.0 Å². The summed E-state index contributed by atoms with van der Waals surface area (Å²) in [6, 6.07) is 17.3. The van der Waals surface area contributed by atoms with Crippen molar-refractivity contribution >= 4 is 11.9 Å². The van der Waals surface area contributed by atoms with Crippen molar-refractivity contribution < 1.29 is 46.1 Å². The molecule has 0 heterocycles. The number of hydrogen-bond acceptors (Lipinski definition) is 4. The number of aliphatic hydroxyl groups excluding tert-OH is 1. The van der Waals surface area contributed by atoms with Crippen LogP contribution in [0.2, 0.25) is 0 Å². The predicted molar refractivity (Wildman–Crippen MR) is 158 cm³/mol. The molecule has 3 rings (SSSR count). The third kappa shape index (κ3) is 11.5. The minimum Gasteiger partial charge on any atom is -0.481 e. The summed E-state index contributed by atoms with van der Waals surface area (Å²) < 4.78 is 80.3. The van der Waals surface area contributed by atoms with Crippen molar-refractivity contribution in [1.82, 2.24) is 4.90 Å². The highest BCUT2D eigenvalue weighted by atomic mass is 19.4. The first-order chi connectivity index (χ1) is 20.9. The number of carboxylic acid groups (broad SMARTS) is 1. The van der Waals surface area contributed by atoms with Crippen LogP contribution in [0.15, 0.2) is 78.9 Å². The summed E-state index contributed by atoms with van der Waals surface area (Å²) in [4.78, 5) is 25.8. The van der Waals surface area contributed by atoms with Crippen molar-refractivity contribution in [2.45, 2.75) is 63.5 Å². The van der Waals surface area contributed by atoms with Gasteiger partial charge in [0.05, 0.1) is 17.7 Å². The molecule has 0 saturated heterocycles. The summed E-state index contributed by atoms with van der Waals surface area (Å²) >= 11 is 0. The van der Waals surface area contributed by atoms with E-state index in [0.717, 1.165) is 11.3 Å². The number of carbonyl (C=O) groups is 2. The van der Waals surface area contributed by atoms with Crippen LogP contribution in [-0.2, 0) is 17.1 Å². The van der Waals surface area contributed by atoms with Gasteiger partial charge in [-0.3, -0.25) is 9.59 Å². The number of carbonyl (C=O) groups excluding carboxylic acids is 1. The van der Waals surface area contributed by atoms with E-state index in [2.05, 4.69) is 13.8 Å². The molecule has 1 amide bonds. The minimum atomic E-state index is -5.12. The second-order valence-electron chi connectivity index (χ2n) is 11.1. The van der Waals surface area contributed by atoms with E-state index >= 15 is 0 Å². The smallest absolute Gasteiger partial charge is 0.416 e. The Bertz CT molecular complexity index is 1290. The Labute approximate surface area is 258 Å². The van der Waals surface area contributed by atoms with E-state index in [4.69, 9.17) is 10.8 Å². The summed E-state index contributed by atoms with van der Waals surface area (Å²) in [6.45, 7) is 4.29. The molecule has 0 aliphatic carbocycles. The fraction of sp³-hybridized carbons (Fsp3) is 0.394. The highest BCUT2D eigenvalue weighted by Crippen LogP contribution is 2.38. The fourth-order valence-electron chi connectivity index (χ4n) is 4.93. The molecule has 4 N–H and O–H groups in total. The molecule has 0 bridgehead atoms. The molecule has 3 aromatic rings. The number of hydrogen-bond donors (Lipinski definition) is 3. The first-order valence-electron chi connectivity index (χ1n) is 14.2. The first kappa shape index (κ1) is 37.3. The van der Waals surface area contributed by atoms with E-state index in [0.29, 0.717) is 29.2 Å². The van der Waals surface area contributed by atoms with Gasteiger partial charge in [-0.2, -0.15) is 26.3 Å². The van der Waals surface area contributed by atoms with Gasteiger partial charge < -0.3 is 20.8 Å². The van der Waals surface area contributed by atoms with Crippen molar-refractivity contribution in [3.8, 4) is 0 Å². The zero-order valence-corrected chi connectivity index (χ0v) is 25.1. The van der Waals surface area contributed by atoms with Gasteiger partial charge in [0.15, 0.2) is 0 Å². The topological polar surface area (TPSA) is 104 Å². The van der Waals surface area contributed by atoms with Crippen LogP contribution in [0.1, 0.15) is 71.6 Å². The maximum atomic E-state index is 13.4. The van der Waals surface area contributed by atoms with Gasteiger partial charge >= 0.3 is 18.3 Å². The summed E-state index contributed by atoms with van der Waals surface area (Å²) in [5.74, 6) is -2.27. The molecule has 0 radical (unpaired) electrons. The number of aliphatic carboxylic acids is 1. The molecular formula is C33H38F6N2O4. The van der Waals surface area contributed by atoms with Crippen LogP contribution in [-0.4, -0.2) is 52.7 Å². The summed E-state index contributed by atoms with van der Waals surface area (Å²) in [5.41, 5.74) is 2.80. The monoisotopic (exact) mass is 640 g/mol. The highest BCUT2D eigenvalue weighted by Gasteiger charge is 2.39. The van der Waals surface area contributed by atoms with E-state index in [-0.39, 0.29) is 31.6 Å². The molecule has 2 atom stereocenters. The number of halogens is 6. The molecule has 0 spiro atoms. The Morgan fingerprint density at radius 2 is 1.27 bits per heavy atom. The molecule has 0 aliphatic heterocycles. The number of alkyl halides is 6. The molecule has 0 aromatic heterocycles. The standard InChI is InChI=1S/C27H23F6NO3.C6H15NO/c1-34(25(37)19-14-20(26(28,29)30)16-21(15-19)27(31,32)33)22(12-13-23(35)36)24(17-8-4-2-5-9-17)18-10-6-3-7-11-18;1-5(2)3-6(7)4-8/h2-11,14-16,22,24H,12-13H2,1H3,(H,35,36);5-6,8H,3-4,7H2,1-2H3/t;6-/m.0/s1. The number of benzene rings is 3. The SMILES string of the molecule is CC(C)C[C@H](N)CO.CN(C(=O)c1cc(C(F)(F)F)cc(C(F)(F)F)c1)C(CCC(=O)O)C(c1ccccc1)c1ccccc1. The molecule has 12 heteroatoms. The molecule has 3 aromatic carbocycles. The molecule has 1 unspecified atom stereocenters. The largest absolute Gasteiger partial charge is 0.481 e. The van der Waals surface area contributed by atoms with E-state index in [1.165, 1.54) is 7.05 Å². The van der Waals surface area contributed by atoms with Crippen molar-refractivity contribution in [3.63, 3.8) is 0 Å². The molecule has 45 heavy (non-hydrogen) atoms. The Morgan fingerprint density at radius 1 is 0.822 bits per heavy atom. The molecule has 6 nitrogen and oxygen atoms in total. The van der Waals surface area contributed by atoms with Crippen molar-refractivity contribution in [1.29, 1.82) is 0 Å². The predicted octanol–water partition coefficient (Wildman–Crippen LogP) is 7.21. The number of rotatable bonds is 11. The quantitative estimate of drug-likeness (QED) is 0.192. The lowest BCUT2D eigenvalue weighted by Gasteiger charge is -2.35. The first-order valence-corrected chi connectivity index (χ1v) is 14.2. The van der Waals surface area contributed by atoms with Crippen molar-refractivity contribution in [2.75, 3.05) is 13.7 Å². The number of aliphatic hydroxyl groups is 1. The van der Waals surface area contributed by atoms with E-state index in [1.54, 1.807) is 60.7 Å². The summed E-state index contributed by atoms with van der Waals surface area (Å²) in [5, 5.41) is 17.8. The van der Waals surface area contributed by atoms with Crippen molar-refractivity contribution in [2.24, 2.45) is 11.7 Å². The molecule has 0 fully saturated rings. The van der Waals surface area contributed by atoms with Crippen LogP contribution in [0.25, 0.3) is 0 Å². The maximum absolute atomic E-state index is 13.4.